The van der Waals surface area contributed by atoms with E-state index < -0.39 is 0 Å². The Balaban J connectivity index is 0.00000225. The van der Waals surface area contributed by atoms with Crippen LogP contribution in [-0.4, -0.2) is 5.17 Å². The first kappa shape index (κ1) is 15.1. The van der Waals surface area contributed by atoms with E-state index in [4.69, 9.17) is 11.6 Å². The molecule has 1 rings (SSSR count). The molecule has 0 aliphatic heterocycles. The number of aryl methyl sites for hydroxylation is 3. The second kappa shape index (κ2) is 6.66. The Morgan fingerprint density at radius 2 is 1.75 bits per heavy atom. The predicted molar refractivity (Wildman–Crippen MR) is 75.0 cm³/mol. The summed E-state index contributed by atoms with van der Waals surface area (Å²) >= 11 is 1.47. The fraction of sp³-hybridized carbons (Fsp3) is 0.364. The molecule has 0 bridgehead atoms. The molecular formula is C11H18ClN3S. The third-order valence-corrected chi connectivity index (χ3v) is 3.17. The van der Waals surface area contributed by atoms with Gasteiger partial charge in [-0.15, -0.1) is 12.4 Å². The van der Waals surface area contributed by atoms with Crippen LogP contribution >= 0.6 is 24.2 Å². The Kier molecular flexibility index (Phi) is 6.29. The van der Waals surface area contributed by atoms with Gasteiger partial charge in [0.15, 0.2) is 5.17 Å². The van der Waals surface area contributed by atoms with Crippen molar-refractivity contribution in [1.82, 2.24) is 0 Å². The lowest BCUT2D eigenvalue weighted by atomic mass is 10.0. The monoisotopic (exact) mass is 259 g/mol. The normalized spacial score (nSPS) is 11.1. The third kappa shape index (κ3) is 3.94. The van der Waals surface area contributed by atoms with Gasteiger partial charge in [0, 0.05) is 5.75 Å². The molecule has 1 aromatic rings. The largest absolute Gasteiger partial charge is 0.377 e. The minimum atomic E-state index is 0. The summed E-state index contributed by atoms with van der Waals surface area (Å²) < 4.78 is 0. The highest BCUT2D eigenvalue weighted by Gasteiger charge is 2.04. The number of halogens is 1. The molecule has 0 unspecified atom stereocenters. The lowest BCUT2D eigenvalue weighted by Crippen LogP contribution is -2.09. The van der Waals surface area contributed by atoms with E-state index in [2.05, 4.69) is 38.0 Å². The number of benzene rings is 1. The second-order valence-electron chi connectivity index (χ2n) is 3.63. The lowest BCUT2D eigenvalue weighted by Gasteiger charge is -2.10. The zero-order chi connectivity index (χ0) is 11.4. The first-order chi connectivity index (χ1) is 7.04. The van der Waals surface area contributed by atoms with Gasteiger partial charge in [-0.3, -0.25) is 0 Å². The van der Waals surface area contributed by atoms with Crippen molar-refractivity contribution in [2.45, 2.75) is 26.5 Å². The first-order valence-corrected chi connectivity index (χ1v) is 5.76. The molecule has 0 atom stereocenters. The highest BCUT2D eigenvalue weighted by atomic mass is 35.5. The van der Waals surface area contributed by atoms with Crippen molar-refractivity contribution in [2.24, 2.45) is 16.7 Å². The molecule has 1 aromatic carbocycles. The Hall–Kier alpha value is -0.870. The maximum absolute atomic E-state index is 5.54. The van der Waals surface area contributed by atoms with Crippen LogP contribution in [0.5, 0.6) is 0 Å². The van der Waals surface area contributed by atoms with Crippen LogP contribution in [0.2, 0.25) is 0 Å². The maximum Gasteiger partial charge on any atom is 0.177 e. The zero-order valence-corrected chi connectivity index (χ0v) is 11.4. The SMILES string of the molecule is Cc1cc(C)c(CSC(N)=NN)c(C)c1.Cl. The summed E-state index contributed by atoms with van der Waals surface area (Å²) in [4.78, 5) is 0. The molecule has 0 saturated carbocycles. The van der Waals surface area contributed by atoms with Gasteiger partial charge in [0.2, 0.25) is 0 Å². The van der Waals surface area contributed by atoms with E-state index in [1.54, 1.807) is 0 Å². The number of amidine groups is 1. The molecule has 0 amide bonds. The Labute approximate surface area is 107 Å². The van der Waals surface area contributed by atoms with Crippen LogP contribution in [-0.2, 0) is 5.75 Å². The van der Waals surface area contributed by atoms with Gasteiger partial charge in [-0.2, -0.15) is 5.10 Å². The number of nitrogens with two attached hydrogens (primary N) is 2. The minimum Gasteiger partial charge on any atom is -0.377 e. The molecule has 0 aromatic heterocycles. The maximum atomic E-state index is 5.54. The average Bonchev–Trinajstić information content (AvgIpc) is 2.15. The van der Waals surface area contributed by atoms with Crippen LogP contribution < -0.4 is 11.6 Å². The van der Waals surface area contributed by atoms with Gasteiger partial charge < -0.3 is 11.6 Å². The van der Waals surface area contributed by atoms with E-state index in [9.17, 15) is 0 Å². The molecule has 5 heteroatoms. The van der Waals surface area contributed by atoms with E-state index in [1.165, 1.54) is 34.0 Å². The number of hydrogen-bond acceptors (Lipinski definition) is 3. The quantitative estimate of drug-likeness (QED) is 0.371. The number of nitrogens with zero attached hydrogens (tertiary/aromatic N) is 1. The van der Waals surface area contributed by atoms with Crippen molar-refractivity contribution in [2.75, 3.05) is 0 Å². The fourth-order valence-corrected chi connectivity index (χ4v) is 2.44. The molecule has 0 saturated heterocycles. The number of thioether (sulfide) groups is 1. The standard InChI is InChI=1S/C11H17N3S.ClH/c1-7-4-8(2)10(9(3)5-7)6-15-11(12)14-13;/h4-5H,6,13H2,1-3H3,(H2,12,14);1H. The molecule has 90 valence electrons. The van der Waals surface area contributed by atoms with Crippen molar-refractivity contribution in [3.63, 3.8) is 0 Å². The Morgan fingerprint density at radius 1 is 1.25 bits per heavy atom. The lowest BCUT2D eigenvalue weighted by molar-refractivity contribution is 1.21. The molecule has 3 nitrogen and oxygen atoms in total. The second-order valence-corrected chi connectivity index (χ2v) is 4.63. The van der Waals surface area contributed by atoms with Gasteiger partial charge in [-0.1, -0.05) is 29.5 Å². The molecule has 0 fully saturated rings. The first-order valence-electron chi connectivity index (χ1n) is 4.77. The van der Waals surface area contributed by atoms with Gasteiger partial charge in [-0.25, -0.2) is 0 Å². The highest BCUT2D eigenvalue weighted by Crippen LogP contribution is 2.21. The fourth-order valence-electron chi connectivity index (χ4n) is 1.62. The number of hydrazone groups is 1. The summed E-state index contributed by atoms with van der Waals surface area (Å²) in [6.45, 7) is 6.34. The average molecular weight is 260 g/mol. The summed E-state index contributed by atoms with van der Waals surface area (Å²) in [5, 5.41) is 3.86. The third-order valence-electron chi connectivity index (χ3n) is 2.33. The highest BCUT2D eigenvalue weighted by molar-refractivity contribution is 8.13. The van der Waals surface area contributed by atoms with E-state index >= 15 is 0 Å². The van der Waals surface area contributed by atoms with Crippen LogP contribution in [0, 0.1) is 20.8 Å². The van der Waals surface area contributed by atoms with Gasteiger partial charge >= 0.3 is 0 Å². The van der Waals surface area contributed by atoms with Crippen LogP contribution in [0.15, 0.2) is 17.2 Å². The van der Waals surface area contributed by atoms with Gasteiger partial charge in [0.25, 0.3) is 0 Å². The van der Waals surface area contributed by atoms with Gasteiger partial charge in [-0.05, 0) is 37.5 Å². The van der Waals surface area contributed by atoms with E-state index in [0.717, 1.165) is 5.75 Å². The topological polar surface area (TPSA) is 64.4 Å². The molecular weight excluding hydrogens is 242 g/mol. The van der Waals surface area contributed by atoms with Crippen LogP contribution in [0.3, 0.4) is 0 Å². The van der Waals surface area contributed by atoms with E-state index in [-0.39, 0.29) is 12.4 Å². The summed E-state index contributed by atoms with van der Waals surface area (Å²) in [5.74, 6) is 5.90. The summed E-state index contributed by atoms with van der Waals surface area (Å²) in [7, 11) is 0. The molecule has 0 heterocycles. The van der Waals surface area contributed by atoms with Crippen LogP contribution in [0.1, 0.15) is 22.3 Å². The van der Waals surface area contributed by atoms with Crippen molar-refractivity contribution in [3.8, 4) is 0 Å². The summed E-state index contributed by atoms with van der Waals surface area (Å²) in [6.07, 6.45) is 0. The van der Waals surface area contributed by atoms with Gasteiger partial charge in [0.05, 0.1) is 0 Å². The number of rotatable bonds is 2. The smallest absolute Gasteiger partial charge is 0.177 e. The molecule has 0 spiro atoms. The van der Waals surface area contributed by atoms with Crippen molar-refractivity contribution in [3.05, 3.63) is 34.4 Å². The zero-order valence-electron chi connectivity index (χ0n) is 9.78. The summed E-state index contributed by atoms with van der Waals surface area (Å²) in [5.41, 5.74) is 10.7. The molecule has 4 N–H and O–H groups in total. The van der Waals surface area contributed by atoms with E-state index in [0.29, 0.717) is 5.17 Å². The number of hydrogen-bond donors (Lipinski definition) is 2. The Bertz CT molecular complexity index is 368. The van der Waals surface area contributed by atoms with Crippen molar-refractivity contribution >= 4 is 29.3 Å². The molecule has 0 aliphatic carbocycles. The van der Waals surface area contributed by atoms with Crippen molar-refractivity contribution in [1.29, 1.82) is 0 Å². The van der Waals surface area contributed by atoms with Crippen LogP contribution in [0.25, 0.3) is 0 Å². The molecule has 16 heavy (non-hydrogen) atoms. The van der Waals surface area contributed by atoms with Gasteiger partial charge in [0.1, 0.15) is 0 Å². The Morgan fingerprint density at radius 3 is 2.19 bits per heavy atom. The molecule has 0 radical (unpaired) electrons. The predicted octanol–water partition coefficient (Wildman–Crippen LogP) is 2.46. The van der Waals surface area contributed by atoms with Crippen molar-refractivity contribution < 1.29 is 0 Å². The summed E-state index contributed by atoms with van der Waals surface area (Å²) in [6, 6.07) is 4.36. The minimum absolute atomic E-state index is 0. The van der Waals surface area contributed by atoms with Crippen LogP contribution in [0.4, 0.5) is 0 Å². The molecule has 0 aliphatic rings. The van der Waals surface area contributed by atoms with E-state index in [1.807, 2.05) is 0 Å².